The van der Waals surface area contributed by atoms with E-state index < -0.39 is 4.87 Å². The summed E-state index contributed by atoms with van der Waals surface area (Å²) in [5, 5.41) is 11.7. The zero-order chi connectivity index (χ0) is 19.8. The van der Waals surface area contributed by atoms with Crippen molar-refractivity contribution < 1.29 is 4.74 Å². The largest absolute Gasteiger partial charge is 0.460 e. The molecule has 3 heterocycles. The Labute approximate surface area is 174 Å². The van der Waals surface area contributed by atoms with Gasteiger partial charge in [0.05, 0.1) is 17.1 Å². The minimum absolute atomic E-state index is 0.0753. The van der Waals surface area contributed by atoms with E-state index in [9.17, 15) is 0 Å². The standard InChI is InChI=1S/C21H23ClN6O/c1-14-10-21(22,6-5-18(14)29-20-24-7-2-8-25-20)16-3-4-17-15(9-16)11-23-12-19-27-26-13-28(17)19/h2-4,7-9,13-14,18,23H,5-6,10-12H2,1H3. The summed E-state index contributed by atoms with van der Waals surface area (Å²) in [4.78, 5) is 7.98. The Hall–Kier alpha value is -2.51. The Bertz CT molecular complexity index is 1010. The van der Waals surface area contributed by atoms with E-state index in [1.165, 1.54) is 5.56 Å². The van der Waals surface area contributed by atoms with Gasteiger partial charge in [-0.15, -0.1) is 21.8 Å². The van der Waals surface area contributed by atoms with E-state index in [1.54, 1.807) is 24.8 Å². The summed E-state index contributed by atoms with van der Waals surface area (Å²) < 4.78 is 8.07. The molecule has 2 aromatic heterocycles. The molecule has 1 saturated carbocycles. The summed E-state index contributed by atoms with van der Waals surface area (Å²) in [7, 11) is 0. The van der Waals surface area contributed by atoms with Crippen LogP contribution in [0.3, 0.4) is 0 Å². The van der Waals surface area contributed by atoms with Gasteiger partial charge in [-0.2, -0.15) is 0 Å². The van der Waals surface area contributed by atoms with Gasteiger partial charge >= 0.3 is 6.01 Å². The molecule has 2 aliphatic rings. The van der Waals surface area contributed by atoms with Crippen LogP contribution in [0.15, 0.2) is 43.0 Å². The second kappa shape index (κ2) is 7.39. The molecule has 5 rings (SSSR count). The van der Waals surface area contributed by atoms with Crippen LogP contribution in [0, 0.1) is 5.92 Å². The number of hydrogen-bond acceptors (Lipinski definition) is 6. The summed E-state index contributed by atoms with van der Waals surface area (Å²) in [6.07, 6.45) is 7.81. The van der Waals surface area contributed by atoms with Crippen LogP contribution < -0.4 is 10.1 Å². The molecule has 0 bridgehead atoms. The van der Waals surface area contributed by atoms with E-state index in [0.29, 0.717) is 18.5 Å². The summed E-state index contributed by atoms with van der Waals surface area (Å²) in [6, 6.07) is 8.75. The maximum Gasteiger partial charge on any atom is 0.316 e. The molecule has 3 aromatic rings. The highest BCUT2D eigenvalue weighted by Gasteiger charge is 2.40. The lowest BCUT2D eigenvalue weighted by Crippen LogP contribution is -2.38. The van der Waals surface area contributed by atoms with Crippen molar-refractivity contribution in [2.45, 2.75) is 50.3 Å². The minimum Gasteiger partial charge on any atom is -0.460 e. The topological polar surface area (TPSA) is 77.8 Å². The molecule has 0 radical (unpaired) electrons. The Morgan fingerprint density at radius 2 is 2.10 bits per heavy atom. The van der Waals surface area contributed by atoms with Crippen LogP contribution in [-0.2, 0) is 18.0 Å². The van der Waals surface area contributed by atoms with Gasteiger partial charge in [-0.1, -0.05) is 19.1 Å². The van der Waals surface area contributed by atoms with Gasteiger partial charge < -0.3 is 10.1 Å². The number of ether oxygens (including phenoxy) is 1. The quantitative estimate of drug-likeness (QED) is 0.667. The third-order valence-corrected chi connectivity index (χ3v) is 6.54. The summed E-state index contributed by atoms with van der Waals surface area (Å²) in [5.41, 5.74) is 3.49. The SMILES string of the molecule is CC1CC(Cl)(c2ccc3c(c2)CNCc2nncn2-3)CCC1Oc1ncccn1. The number of alkyl halides is 1. The second-order valence-corrected chi connectivity index (χ2v) is 8.66. The predicted octanol–water partition coefficient (Wildman–Crippen LogP) is 3.36. The van der Waals surface area contributed by atoms with Crippen molar-refractivity contribution in [2.75, 3.05) is 0 Å². The number of aromatic nitrogens is 5. The molecule has 150 valence electrons. The van der Waals surface area contributed by atoms with Gasteiger partial charge in [0.1, 0.15) is 12.4 Å². The number of fused-ring (bicyclic) bond motifs is 3. The van der Waals surface area contributed by atoms with Crippen molar-refractivity contribution in [1.82, 2.24) is 30.0 Å². The number of rotatable bonds is 3. The molecule has 1 N–H and O–H groups in total. The lowest BCUT2D eigenvalue weighted by molar-refractivity contribution is 0.0761. The molecule has 0 saturated heterocycles. The molecule has 29 heavy (non-hydrogen) atoms. The fourth-order valence-electron chi connectivity index (χ4n) is 4.45. The molecular weight excluding hydrogens is 388 g/mol. The van der Waals surface area contributed by atoms with Gasteiger partial charge in [0.25, 0.3) is 0 Å². The van der Waals surface area contributed by atoms with Crippen LogP contribution in [-0.4, -0.2) is 30.8 Å². The first kappa shape index (κ1) is 18.5. The molecule has 1 aliphatic carbocycles. The molecule has 7 nitrogen and oxygen atoms in total. The maximum atomic E-state index is 7.19. The van der Waals surface area contributed by atoms with E-state index in [2.05, 4.69) is 50.6 Å². The number of nitrogens with zero attached hydrogens (tertiary/aromatic N) is 5. The summed E-state index contributed by atoms with van der Waals surface area (Å²) in [6.45, 7) is 3.68. The van der Waals surface area contributed by atoms with Crippen molar-refractivity contribution in [2.24, 2.45) is 5.92 Å². The van der Waals surface area contributed by atoms with Crippen LogP contribution in [0.1, 0.15) is 43.1 Å². The summed E-state index contributed by atoms with van der Waals surface area (Å²) in [5.74, 6) is 1.22. The molecular formula is C21H23ClN6O. The Morgan fingerprint density at radius 1 is 1.24 bits per heavy atom. The van der Waals surface area contributed by atoms with E-state index in [4.69, 9.17) is 16.3 Å². The van der Waals surface area contributed by atoms with Gasteiger partial charge in [-0.05, 0) is 48.4 Å². The van der Waals surface area contributed by atoms with Crippen molar-refractivity contribution in [3.8, 4) is 11.7 Å². The number of benzene rings is 1. The average Bonchev–Trinajstić information content (AvgIpc) is 3.12. The smallest absolute Gasteiger partial charge is 0.316 e. The van der Waals surface area contributed by atoms with E-state index >= 15 is 0 Å². The van der Waals surface area contributed by atoms with Crippen LogP contribution in [0.4, 0.5) is 0 Å². The molecule has 0 amide bonds. The maximum absolute atomic E-state index is 7.19. The highest BCUT2D eigenvalue weighted by atomic mass is 35.5. The Kier molecular flexibility index (Phi) is 4.72. The fraction of sp³-hybridized carbons (Fsp3) is 0.429. The Morgan fingerprint density at radius 3 is 2.93 bits per heavy atom. The van der Waals surface area contributed by atoms with Crippen LogP contribution >= 0.6 is 11.6 Å². The molecule has 3 atom stereocenters. The van der Waals surface area contributed by atoms with Gasteiger partial charge in [0.2, 0.25) is 0 Å². The van der Waals surface area contributed by atoms with E-state index in [1.807, 2.05) is 4.57 Å². The average molecular weight is 411 g/mol. The summed E-state index contributed by atoms with van der Waals surface area (Å²) >= 11 is 7.19. The second-order valence-electron chi connectivity index (χ2n) is 7.94. The first-order valence-corrected chi connectivity index (χ1v) is 10.4. The van der Waals surface area contributed by atoms with Gasteiger partial charge in [-0.25, -0.2) is 9.97 Å². The van der Waals surface area contributed by atoms with Gasteiger partial charge in [-0.3, -0.25) is 4.57 Å². The van der Waals surface area contributed by atoms with Crippen molar-refractivity contribution in [3.05, 3.63) is 59.9 Å². The highest BCUT2D eigenvalue weighted by Crippen LogP contribution is 2.46. The number of halogens is 1. The number of hydrogen-bond donors (Lipinski definition) is 1. The van der Waals surface area contributed by atoms with Crippen molar-refractivity contribution in [1.29, 1.82) is 0 Å². The predicted molar refractivity (Wildman–Crippen MR) is 109 cm³/mol. The Balaban J connectivity index is 1.37. The third-order valence-electron chi connectivity index (χ3n) is 5.98. The van der Waals surface area contributed by atoms with Crippen molar-refractivity contribution in [3.63, 3.8) is 0 Å². The minimum atomic E-state index is -0.395. The van der Waals surface area contributed by atoms with Crippen LogP contribution in [0.25, 0.3) is 5.69 Å². The molecule has 3 unspecified atom stereocenters. The third kappa shape index (κ3) is 3.49. The van der Waals surface area contributed by atoms with Crippen LogP contribution in [0.2, 0.25) is 0 Å². The lowest BCUT2D eigenvalue weighted by atomic mass is 9.76. The van der Waals surface area contributed by atoms with E-state index in [-0.39, 0.29) is 6.10 Å². The lowest BCUT2D eigenvalue weighted by Gasteiger charge is -2.39. The molecule has 1 aliphatic heterocycles. The van der Waals surface area contributed by atoms with Gasteiger partial charge in [0, 0.05) is 18.9 Å². The number of nitrogens with one attached hydrogen (secondary N) is 1. The van der Waals surface area contributed by atoms with E-state index in [0.717, 1.165) is 42.9 Å². The zero-order valence-electron chi connectivity index (χ0n) is 16.3. The first-order chi connectivity index (χ1) is 14.1. The molecule has 0 spiro atoms. The normalized spacial score (nSPS) is 26.3. The first-order valence-electron chi connectivity index (χ1n) is 9.98. The van der Waals surface area contributed by atoms with Crippen LogP contribution in [0.5, 0.6) is 6.01 Å². The van der Waals surface area contributed by atoms with Gasteiger partial charge in [0.15, 0.2) is 5.82 Å². The molecule has 1 fully saturated rings. The highest BCUT2D eigenvalue weighted by molar-refractivity contribution is 6.24. The zero-order valence-corrected chi connectivity index (χ0v) is 17.0. The monoisotopic (exact) mass is 410 g/mol. The van der Waals surface area contributed by atoms with Crippen molar-refractivity contribution >= 4 is 11.6 Å². The fourth-order valence-corrected chi connectivity index (χ4v) is 4.92. The molecule has 8 heteroatoms. The molecule has 1 aromatic carbocycles.